The predicted molar refractivity (Wildman–Crippen MR) is 84.8 cm³/mol. The van der Waals surface area contributed by atoms with E-state index in [1.807, 2.05) is 18.2 Å². The molecule has 0 aliphatic rings. The number of benzene rings is 1. The topological polar surface area (TPSA) is 21.3 Å². The summed E-state index contributed by atoms with van der Waals surface area (Å²) in [6.07, 6.45) is 0. The summed E-state index contributed by atoms with van der Waals surface area (Å²) in [4.78, 5) is 1.22. The van der Waals surface area contributed by atoms with Gasteiger partial charge in [-0.1, -0.05) is 32.0 Å². The van der Waals surface area contributed by atoms with Crippen molar-refractivity contribution >= 4 is 27.3 Å². The van der Waals surface area contributed by atoms with Gasteiger partial charge in [-0.2, -0.15) is 0 Å². The van der Waals surface area contributed by atoms with Crippen LogP contribution in [0.1, 0.15) is 24.3 Å². The third-order valence-corrected chi connectivity index (χ3v) is 4.34. The van der Waals surface area contributed by atoms with Gasteiger partial charge in [0.2, 0.25) is 0 Å². The Morgan fingerprint density at radius 1 is 1.32 bits per heavy atom. The van der Waals surface area contributed by atoms with E-state index >= 15 is 0 Å². The predicted octanol–water partition coefficient (Wildman–Crippen LogP) is 4.59. The molecule has 2 nitrogen and oxygen atoms in total. The second kappa shape index (κ2) is 7.08. The first-order chi connectivity index (χ1) is 9.15. The van der Waals surface area contributed by atoms with Crippen molar-refractivity contribution in [3.63, 3.8) is 0 Å². The SMILES string of the molecule is CC(C)NCc1ccccc1OCc1cc(Br)cs1. The lowest BCUT2D eigenvalue weighted by Crippen LogP contribution is -2.22. The molecule has 2 aromatic rings. The van der Waals surface area contributed by atoms with Crippen molar-refractivity contribution < 1.29 is 4.74 Å². The Bertz CT molecular complexity index is 524. The lowest BCUT2D eigenvalue weighted by molar-refractivity contribution is 0.305. The summed E-state index contributed by atoms with van der Waals surface area (Å²) in [5.41, 5.74) is 1.20. The van der Waals surface area contributed by atoms with Gasteiger partial charge in [0.05, 0.1) is 0 Å². The molecular formula is C15H18BrNOS. The normalized spacial score (nSPS) is 10.9. The first kappa shape index (κ1) is 14.6. The quantitative estimate of drug-likeness (QED) is 0.831. The van der Waals surface area contributed by atoms with Gasteiger partial charge < -0.3 is 10.1 Å². The Morgan fingerprint density at radius 3 is 2.79 bits per heavy atom. The van der Waals surface area contributed by atoms with Gasteiger partial charge in [0, 0.05) is 32.9 Å². The van der Waals surface area contributed by atoms with Crippen molar-refractivity contribution in [1.82, 2.24) is 5.32 Å². The zero-order chi connectivity index (χ0) is 13.7. The molecule has 0 saturated heterocycles. The molecule has 0 amide bonds. The first-order valence-electron chi connectivity index (χ1n) is 6.32. The summed E-state index contributed by atoms with van der Waals surface area (Å²) in [6, 6.07) is 10.8. The summed E-state index contributed by atoms with van der Waals surface area (Å²) >= 11 is 5.16. The maximum Gasteiger partial charge on any atom is 0.124 e. The number of nitrogens with one attached hydrogen (secondary N) is 1. The molecule has 0 aliphatic heterocycles. The molecule has 102 valence electrons. The van der Waals surface area contributed by atoms with E-state index in [2.05, 4.69) is 52.6 Å². The van der Waals surface area contributed by atoms with Crippen LogP contribution in [0.3, 0.4) is 0 Å². The minimum Gasteiger partial charge on any atom is -0.488 e. The highest BCUT2D eigenvalue weighted by Crippen LogP contribution is 2.23. The molecule has 0 fully saturated rings. The minimum atomic E-state index is 0.473. The van der Waals surface area contributed by atoms with Crippen molar-refractivity contribution in [2.75, 3.05) is 0 Å². The Balaban J connectivity index is 1.99. The number of rotatable bonds is 6. The van der Waals surface area contributed by atoms with Crippen LogP contribution in [0.4, 0.5) is 0 Å². The van der Waals surface area contributed by atoms with Gasteiger partial charge in [-0.05, 0) is 28.1 Å². The maximum atomic E-state index is 5.92. The van der Waals surface area contributed by atoms with E-state index in [0.29, 0.717) is 12.6 Å². The van der Waals surface area contributed by atoms with E-state index in [4.69, 9.17) is 4.74 Å². The van der Waals surface area contributed by atoms with Crippen molar-refractivity contribution in [3.8, 4) is 5.75 Å². The molecule has 0 saturated carbocycles. The van der Waals surface area contributed by atoms with Gasteiger partial charge in [-0.25, -0.2) is 0 Å². The molecule has 0 atom stereocenters. The molecule has 0 bridgehead atoms. The maximum absolute atomic E-state index is 5.92. The van der Waals surface area contributed by atoms with Crippen LogP contribution in [-0.2, 0) is 13.2 Å². The van der Waals surface area contributed by atoms with E-state index in [0.717, 1.165) is 16.8 Å². The number of thiophene rings is 1. The van der Waals surface area contributed by atoms with E-state index in [1.54, 1.807) is 11.3 Å². The standard InChI is InChI=1S/C15H18BrNOS/c1-11(2)17-8-12-5-3-4-6-15(12)18-9-14-7-13(16)10-19-14/h3-7,10-11,17H,8-9H2,1-2H3. The number of ether oxygens (including phenoxy) is 1. The van der Waals surface area contributed by atoms with Gasteiger partial charge in [-0.15, -0.1) is 11.3 Å². The van der Waals surface area contributed by atoms with Crippen molar-refractivity contribution in [1.29, 1.82) is 0 Å². The van der Waals surface area contributed by atoms with E-state index in [1.165, 1.54) is 10.4 Å². The second-order valence-corrected chi connectivity index (χ2v) is 6.57. The molecule has 19 heavy (non-hydrogen) atoms. The first-order valence-corrected chi connectivity index (χ1v) is 7.99. The molecular weight excluding hydrogens is 322 g/mol. The fourth-order valence-corrected chi connectivity index (χ4v) is 3.05. The summed E-state index contributed by atoms with van der Waals surface area (Å²) in [5, 5.41) is 5.49. The molecule has 0 spiro atoms. The van der Waals surface area contributed by atoms with Crippen LogP contribution in [-0.4, -0.2) is 6.04 Å². The smallest absolute Gasteiger partial charge is 0.124 e. The van der Waals surface area contributed by atoms with Crippen molar-refractivity contribution in [2.24, 2.45) is 0 Å². The molecule has 1 heterocycles. The number of hydrogen-bond donors (Lipinski definition) is 1. The van der Waals surface area contributed by atoms with E-state index in [9.17, 15) is 0 Å². The van der Waals surface area contributed by atoms with Crippen LogP contribution in [0.5, 0.6) is 5.75 Å². The van der Waals surface area contributed by atoms with Crippen LogP contribution < -0.4 is 10.1 Å². The number of para-hydroxylation sites is 1. The minimum absolute atomic E-state index is 0.473. The zero-order valence-electron chi connectivity index (χ0n) is 11.2. The Morgan fingerprint density at radius 2 is 2.11 bits per heavy atom. The summed E-state index contributed by atoms with van der Waals surface area (Å²) in [7, 11) is 0. The van der Waals surface area contributed by atoms with Crippen LogP contribution >= 0.6 is 27.3 Å². The van der Waals surface area contributed by atoms with Crippen LogP contribution in [0.2, 0.25) is 0 Å². The Kier molecular flexibility index (Phi) is 5.43. The lowest BCUT2D eigenvalue weighted by Gasteiger charge is -2.13. The van der Waals surface area contributed by atoms with Gasteiger partial charge in [0.25, 0.3) is 0 Å². The molecule has 0 aliphatic carbocycles. The van der Waals surface area contributed by atoms with E-state index in [-0.39, 0.29) is 0 Å². The van der Waals surface area contributed by atoms with Crippen LogP contribution in [0, 0.1) is 0 Å². The highest BCUT2D eigenvalue weighted by Gasteiger charge is 2.05. The Labute approximate surface area is 126 Å². The molecule has 4 heteroatoms. The van der Waals surface area contributed by atoms with Gasteiger partial charge in [0.15, 0.2) is 0 Å². The second-order valence-electron chi connectivity index (χ2n) is 4.66. The fraction of sp³-hybridized carbons (Fsp3) is 0.333. The monoisotopic (exact) mass is 339 g/mol. The molecule has 0 unspecified atom stereocenters. The zero-order valence-corrected chi connectivity index (χ0v) is 13.6. The fourth-order valence-electron chi connectivity index (χ4n) is 1.68. The average molecular weight is 340 g/mol. The summed E-state index contributed by atoms with van der Waals surface area (Å²) in [6.45, 7) is 5.75. The number of halogens is 1. The van der Waals surface area contributed by atoms with Gasteiger partial charge in [-0.3, -0.25) is 0 Å². The third-order valence-electron chi connectivity index (χ3n) is 2.67. The summed E-state index contributed by atoms with van der Waals surface area (Å²) in [5.74, 6) is 0.958. The average Bonchev–Trinajstić information content (AvgIpc) is 2.80. The highest BCUT2D eigenvalue weighted by molar-refractivity contribution is 9.10. The summed E-state index contributed by atoms with van der Waals surface area (Å²) < 4.78 is 7.03. The molecule has 2 rings (SSSR count). The third kappa shape index (κ3) is 4.64. The number of hydrogen-bond acceptors (Lipinski definition) is 3. The lowest BCUT2D eigenvalue weighted by atomic mass is 10.2. The van der Waals surface area contributed by atoms with Gasteiger partial charge in [0.1, 0.15) is 12.4 Å². The van der Waals surface area contributed by atoms with Crippen molar-refractivity contribution in [3.05, 3.63) is 50.6 Å². The largest absolute Gasteiger partial charge is 0.488 e. The molecule has 1 aromatic carbocycles. The van der Waals surface area contributed by atoms with E-state index < -0.39 is 0 Å². The van der Waals surface area contributed by atoms with Crippen molar-refractivity contribution in [2.45, 2.75) is 33.0 Å². The van der Waals surface area contributed by atoms with Gasteiger partial charge >= 0.3 is 0 Å². The van der Waals surface area contributed by atoms with Crippen LogP contribution in [0.15, 0.2) is 40.2 Å². The molecule has 1 aromatic heterocycles. The highest BCUT2D eigenvalue weighted by atomic mass is 79.9. The molecule has 1 N–H and O–H groups in total. The molecule has 0 radical (unpaired) electrons. The van der Waals surface area contributed by atoms with Crippen LogP contribution in [0.25, 0.3) is 0 Å². The Hall–Kier alpha value is -0.840.